The number of aromatic nitrogens is 2. The van der Waals surface area contributed by atoms with Gasteiger partial charge in [-0.25, -0.2) is 19.4 Å². The zero-order valence-electron chi connectivity index (χ0n) is 16.4. The fraction of sp³-hybridized carbons (Fsp3) is 0.333. The van der Waals surface area contributed by atoms with Crippen LogP contribution < -0.4 is 11.1 Å². The maximum absolute atomic E-state index is 14.5. The molecule has 178 valence electrons. The summed E-state index contributed by atoms with van der Waals surface area (Å²) < 4.78 is 96.6. The summed E-state index contributed by atoms with van der Waals surface area (Å²) in [6.07, 6.45) is -12.4. The Morgan fingerprint density at radius 2 is 1.94 bits per heavy atom. The number of anilines is 1. The first kappa shape index (κ1) is 24.5. The van der Waals surface area contributed by atoms with Crippen LogP contribution in [0.5, 0.6) is 0 Å². The maximum Gasteiger partial charge on any atom is 0.425 e. The van der Waals surface area contributed by atoms with E-state index in [2.05, 4.69) is 25.0 Å². The molecule has 0 bridgehead atoms. The van der Waals surface area contributed by atoms with Gasteiger partial charge >= 0.3 is 12.4 Å². The van der Waals surface area contributed by atoms with Gasteiger partial charge in [0.1, 0.15) is 28.6 Å². The monoisotopic (exact) mass is 499 g/mol. The summed E-state index contributed by atoms with van der Waals surface area (Å²) in [5, 5.41) is 1.54. The molecule has 0 aromatic carbocycles. The van der Waals surface area contributed by atoms with Gasteiger partial charge in [-0.3, -0.25) is 4.79 Å². The fourth-order valence-electron chi connectivity index (χ4n) is 3.02. The van der Waals surface area contributed by atoms with E-state index in [0.29, 0.717) is 12.3 Å². The highest BCUT2D eigenvalue weighted by molar-refractivity contribution is 6.34. The van der Waals surface area contributed by atoms with E-state index in [1.807, 2.05) is 0 Å². The first-order valence-electron chi connectivity index (χ1n) is 8.90. The zero-order chi connectivity index (χ0) is 24.8. The first-order valence-corrected chi connectivity index (χ1v) is 9.28. The van der Waals surface area contributed by atoms with Gasteiger partial charge in [0.15, 0.2) is 6.10 Å². The van der Waals surface area contributed by atoms with Gasteiger partial charge in [0, 0.05) is 12.6 Å². The van der Waals surface area contributed by atoms with Crippen molar-refractivity contribution in [2.45, 2.75) is 37.3 Å². The molecule has 0 aliphatic carbocycles. The highest BCUT2D eigenvalue weighted by Crippen LogP contribution is 2.40. The largest absolute Gasteiger partial charge is 0.452 e. The molecule has 0 spiro atoms. The third-order valence-corrected chi connectivity index (χ3v) is 4.84. The quantitative estimate of drug-likeness (QED) is 0.609. The topological polar surface area (TPSA) is 102 Å². The molecule has 0 unspecified atom stereocenters. The lowest BCUT2D eigenvalue weighted by molar-refractivity contribution is -0.208. The Balaban J connectivity index is 1.91. The summed E-state index contributed by atoms with van der Waals surface area (Å²) in [6.45, 7) is 1.15. The summed E-state index contributed by atoms with van der Waals surface area (Å²) in [7, 11) is 0. The second-order valence-electron chi connectivity index (χ2n) is 7.11. The van der Waals surface area contributed by atoms with Crippen molar-refractivity contribution in [3.05, 3.63) is 52.2 Å². The molecular weight excluding hydrogens is 487 g/mol. The van der Waals surface area contributed by atoms with Crippen LogP contribution >= 0.6 is 11.6 Å². The van der Waals surface area contributed by atoms with Gasteiger partial charge in [0.05, 0.1) is 10.6 Å². The molecule has 1 amide bonds. The van der Waals surface area contributed by atoms with Crippen molar-refractivity contribution in [2.75, 3.05) is 5.32 Å². The Morgan fingerprint density at radius 3 is 2.52 bits per heavy atom. The van der Waals surface area contributed by atoms with Gasteiger partial charge in [0.25, 0.3) is 11.9 Å². The number of pyridine rings is 2. The number of nitrogens with zero attached hydrogens (tertiary/aromatic N) is 3. The number of aliphatic imine (C=N–C) groups is 1. The molecule has 7 nitrogen and oxygen atoms in total. The normalized spacial score (nSPS) is 21.2. The lowest BCUT2D eigenvalue weighted by Gasteiger charge is -2.35. The number of nitrogens with two attached hydrogens (primary N) is 1. The van der Waals surface area contributed by atoms with E-state index < -0.39 is 70.1 Å². The highest BCUT2D eigenvalue weighted by Gasteiger charge is 2.50. The molecule has 0 saturated carbocycles. The highest BCUT2D eigenvalue weighted by atomic mass is 35.5. The minimum absolute atomic E-state index is 0.348. The number of carbonyl (C=O) groups is 1. The van der Waals surface area contributed by atoms with Crippen LogP contribution in [-0.4, -0.2) is 34.2 Å². The second kappa shape index (κ2) is 8.32. The Morgan fingerprint density at radius 1 is 1.27 bits per heavy atom. The number of amidine groups is 1. The summed E-state index contributed by atoms with van der Waals surface area (Å²) in [5.41, 5.74) is 1.09. The van der Waals surface area contributed by atoms with Crippen LogP contribution in [0, 0.1) is 5.82 Å². The summed E-state index contributed by atoms with van der Waals surface area (Å²) >= 11 is 5.72. The van der Waals surface area contributed by atoms with Gasteiger partial charge in [-0.15, -0.1) is 0 Å². The van der Waals surface area contributed by atoms with Crippen LogP contribution in [0.1, 0.15) is 35.1 Å². The molecule has 2 aromatic heterocycles. The number of alkyl halides is 6. The Bertz CT molecular complexity index is 1120. The molecular formula is C18H13ClF7N5O2. The average Bonchev–Trinajstić information content (AvgIpc) is 2.67. The van der Waals surface area contributed by atoms with Crippen molar-refractivity contribution in [3.63, 3.8) is 0 Å². The molecule has 3 N–H and O–H groups in total. The molecule has 15 heteroatoms. The van der Waals surface area contributed by atoms with Gasteiger partial charge in [-0.05, 0) is 25.1 Å². The summed E-state index contributed by atoms with van der Waals surface area (Å²) in [5.74, 6) is -2.48. The number of ether oxygens (including phenoxy) is 1. The molecule has 2 aromatic rings. The Labute approximate surface area is 185 Å². The zero-order valence-corrected chi connectivity index (χ0v) is 17.1. The number of carbonyl (C=O) groups excluding carboxylic acids is 1. The second-order valence-corrected chi connectivity index (χ2v) is 7.52. The number of hydrogen-bond donors (Lipinski definition) is 2. The number of halogens is 8. The van der Waals surface area contributed by atoms with Crippen LogP contribution in [-0.2, 0) is 16.5 Å². The molecule has 0 saturated heterocycles. The predicted octanol–water partition coefficient (Wildman–Crippen LogP) is 4.42. The third kappa shape index (κ3) is 5.26. The van der Waals surface area contributed by atoms with E-state index in [4.69, 9.17) is 17.3 Å². The number of hydrogen-bond acceptors (Lipinski definition) is 6. The smallest absolute Gasteiger partial charge is 0.425 e. The molecule has 33 heavy (non-hydrogen) atoms. The van der Waals surface area contributed by atoms with Gasteiger partial charge < -0.3 is 15.8 Å². The molecule has 0 fully saturated rings. The van der Waals surface area contributed by atoms with E-state index in [-0.39, 0.29) is 5.82 Å². The van der Waals surface area contributed by atoms with Crippen molar-refractivity contribution >= 4 is 29.3 Å². The van der Waals surface area contributed by atoms with Crippen molar-refractivity contribution in [1.29, 1.82) is 0 Å². The predicted molar refractivity (Wildman–Crippen MR) is 101 cm³/mol. The van der Waals surface area contributed by atoms with Gasteiger partial charge in [-0.2, -0.15) is 26.3 Å². The lowest BCUT2D eigenvalue weighted by atomic mass is 9.89. The van der Waals surface area contributed by atoms with Crippen molar-refractivity contribution in [1.82, 2.24) is 9.97 Å². The fourth-order valence-corrected chi connectivity index (χ4v) is 3.27. The van der Waals surface area contributed by atoms with Crippen molar-refractivity contribution < 1.29 is 40.3 Å². The van der Waals surface area contributed by atoms with E-state index in [0.717, 1.165) is 19.1 Å². The minimum Gasteiger partial charge on any atom is -0.452 e. The molecule has 2 atom stereocenters. The van der Waals surface area contributed by atoms with E-state index >= 15 is 0 Å². The van der Waals surface area contributed by atoms with E-state index in [9.17, 15) is 35.5 Å². The Kier molecular flexibility index (Phi) is 6.17. The number of rotatable bonds is 3. The maximum atomic E-state index is 14.5. The number of amides is 1. The summed E-state index contributed by atoms with van der Waals surface area (Å²) in [4.78, 5) is 23.4. The molecule has 1 aliphatic heterocycles. The lowest BCUT2D eigenvalue weighted by Crippen LogP contribution is -2.46. The third-order valence-electron chi connectivity index (χ3n) is 4.55. The van der Waals surface area contributed by atoms with Crippen LogP contribution in [0.25, 0.3) is 0 Å². The van der Waals surface area contributed by atoms with Crippen molar-refractivity contribution in [3.8, 4) is 0 Å². The van der Waals surface area contributed by atoms with E-state index in [1.165, 1.54) is 0 Å². The molecule has 1 aliphatic rings. The Hall–Kier alpha value is -3.16. The first-order chi connectivity index (χ1) is 15.1. The average molecular weight is 500 g/mol. The number of nitrogens with one attached hydrogen (secondary N) is 1. The standard InChI is InChI=1S/C18H13ClF7N5O2/c1-16(5-10(18(24,25)26)33-15(27)31-16)13-9(20)2-3-11(29-13)30-14(32)12-8(19)4-7(6-28-12)17(21,22)23/h2-4,6,10H,5H2,1H3,(H2,27,31)(H,29,30,32)/t10-,16+/m0/s1. The molecule has 3 heterocycles. The van der Waals surface area contributed by atoms with Crippen LogP contribution in [0.15, 0.2) is 29.4 Å². The molecule has 0 radical (unpaired) electrons. The van der Waals surface area contributed by atoms with E-state index in [1.54, 1.807) is 0 Å². The molecule has 3 rings (SSSR count). The van der Waals surface area contributed by atoms with Crippen LogP contribution in [0.4, 0.5) is 36.6 Å². The summed E-state index contributed by atoms with van der Waals surface area (Å²) in [6, 6.07) is 1.45. The van der Waals surface area contributed by atoms with Crippen molar-refractivity contribution in [2.24, 2.45) is 10.7 Å². The van der Waals surface area contributed by atoms with Gasteiger partial charge in [-0.1, -0.05) is 11.6 Å². The van der Waals surface area contributed by atoms with Gasteiger partial charge in [0.2, 0.25) is 0 Å². The minimum atomic E-state index is -4.82. The van der Waals surface area contributed by atoms with Crippen LogP contribution in [0.3, 0.4) is 0 Å². The van der Waals surface area contributed by atoms with Crippen LogP contribution in [0.2, 0.25) is 5.02 Å². The SMILES string of the molecule is C[C@]1(c2nc(NC(=O)c3ncc(C(F)(F)F)cc3Cl)ccc2F)C[C@@H](C(F)(F)F)OC(N)=N1.